The molecule has 2 atom stereocenters. The Morgan fingerprint density at radius 3 is 2.32 bits per heavy atom. The van der Waals surface area contributed by atoms with Crippen LogP contribution in [0.4, 0.5) is 33.8 Å². The lowest BCUT2D eigenvalue weighted by molar-refractivity contribution is -0.389. The van der Waals surface area contributed by atoms with Crippen molar-refractivity contribution in [2.75, 3.05) is 54.4 Å². The molecule has 0 bridgehead atoms. The smallest absolute Gasteiger partial charge is 0.410 e. The molecule has 1 aliphatic carbocycles. The summed E-state index contributed by atoms with van der Waals surface area (Å²) in [6, 6.07) is 12.1. The minimum absolute atomic E-state index is 0.0196. The van der Waals surface area contributed by atoms with E-state index >= 15 is 0 Å². The summed E-state index contributed by atoms with van der Waals surface area (Å²) in [5.74, 6) is 1.04. The molecule has 4 aromatic heterocycles. The zero-order chi connectivity index (χ0) is 37.7. The molecule has 4 aromatic rings. The van der Waals surface area contributed by atoms with Gasteiger partial charge in [-0.15, -0.1) is 0 Å². The monoisotopic (exact) mass is 724 g/mol. The van der Waals surface area contributed by atoms with Gasteiger partial charge in [0.1, 0.15) is 28.8 Å². The number of pyridine rings is 2. The molecular formula is C37H48N12O4. The molecule has 7 rings (SSSR count). The molecule has 280 valence electrons. The van der Waals surface area contributed by atoms with E-state index in [9.17, 15) is 20.2 Å². The van der Waals surface area contributed by atoms with E-state index in [-0.39, 0.29) is 18.0 Å². The SMILES string of the molecule is CC1CN(c2ccc(Nc3ncc4cc(C#N)n(C5CCCC5)c4n3)nc2)CCN1.CC1CN(c2ccc([N+](=O)[O-])nc2)CCN1C(=O)OC(C)(C)C. The lowest BCUT2D eigenvalue weighted by Gasteiger charge is -2.40. The number of ether oxygens (including phenoxy) is 1. The molecule has 3 fully saturated rings. The predicted octanol–water partition coefficient (Wildman–Crippen LogP) is 5.79. The van der Waals surface area contributed by atoms with Crippen molar-refractivity contribution in [2.45, 2.75) is 84.0 Å². The maximum Gasteiger partial charge on any atom is 0.410 e. The third kappa shape index (κ3) is 9.09. The fraction of sp³-hybridized carbons (Fsp3) is 0.514. The molecule has 3 aliphatic rings. The van der Waals surface area contributed by atoms with Crippen molar-refractivity contribution in [2.24, 2.45) is 0 Å². The van der Waals surface area contributed by atoms with Gasteiger partial charge in [0, 0.05) is 75.0 Å². The Labute approximate surface area is 309 Å². The number of aromatic nitrogens is 5. The van der Waals surface area contributed by atoms with E-state index in [1.54, 1.807) is 17.2 Å². The van der Waals surface area contributed by atoms with Crippen LogP contribution >= 0.6 is 0 Å². The molecule has 2 unspecified atom stereocenters. The van der Waals surface area contributed by atoms with Gasteiger partial charge in [-0.1, -0.05) is 12.8 Å². The van der Waals surface area contributed by atoms with Crippen LogP contribution in [-0.2, 0) is 4.74 Å². The topological polar surface area (TPSA) is 184 Å². The fourth-order valence-electron chi connectivity index (χ4n) is 7.07. The second-order valence-electron chi connectivity index (χ2n) is 14.9. The number of rotatable bonds is 6. The summed E-state index contributed by atoms with van der Waals surface area (Å²) >= 11 is 0. The van der Waals surface area contributed by atoms with Crippen molar-refractivity contribution >= 4 is 46.1 Å². The largest absolute Gasteiger partial charge is 0.444 e. The van der Waals surface area contributed by atoms with Gasteiger partial charge in [0.05, 0.1) is 17.6 Å². The van der Waals surface area contributed by atoms with E-state index in [2.05, 4.69) is 59.0 Å². The summed E-state index contributed by atoms with van der Waals surface area (Å²) < 4.78 is 7.51. The van der Waals surface area contributed by atoms with Gasteiger partial charge >= 0.3 is 11.9 Å². The summed E-state index contributed by atoms with van der Waals surface area (Å²) in [6.45, 7) is 14.4. The van der Waals surface area contributed by atoms with Crippen LogP contribution in [0, 0.1) is 21.4 Å². The maximum absolute atomic E-state index is 12.2. The van der Waals surface area contributed by atoms with Crippen LogP contribution in [0.3, 0.4) is 0 Å². The predicted molar refractivity (Wildman–Crippen MR) is 202 cm³/mol. The van der Waals surface area contributed by atoms with Gasteiger partial charge in [0.15, 0.2) is 6.20 Å². The minimum Gasteiger partial charge on any atom is -0.444 e. The average Bonchev–Trinajstić information content (AvgIpc) is 3.79. The maximum atomic E-state index is 12.2. The summed E-state index contributed by atoms with van der Waals surface area (Å²) in [5, 5.41) is 27.8. The van der Waals surface area contributed by atoms with Gasteiger partial charge in [-0.25, -0.2) is 14.8 Å². The van der Waals surface area contributed by atoms with Crippen molar-refractivity contribution in [3.8, 4) is 6.07 Å². The average molecular weight is 725 g/mol. The zero-order valence-corrected chi connectivity index (χ0v) is 31.0. The van der Waals surface area contributed by atoms with Crippen molar-refractivity contribution in [1.29, 1.82) is 5.26 Å². The quantitative estimate of drug-likeness (QED) is 0.180. The molecule has 53 heavy (non-hydrogen) atoms. The Kier molecular flexibility index (Phi) is 11.2. The third-order valence-corrected chi connectivity index (χ3v) is 9.64. The summed E-state index contributed by atoms with van der Waals surface area (Å²) in [7, 11) is 0. The van der Waals surface area contributed by atoms with Crippen LogP contribution in [0.15, 0.2) is 48.9 Å². The second-order valence-corrected chi connectivity index (χ2v) is 14.9. The van der Waals surface area contributed by atoms with E-state index in [1.165, 1.54) is 25.1 Å². The number of nitrogens with one attached hydrogen (secondary N) is 2. The molecule has 1 amide bonds. The number of anilines is 4. The molecule has 2 N–H and O–H groups in total. The van der Waals surface area contributed by atoms with Crippen LogP contribution < -0.4 is 20.4 Å². The van der Waals surface area contributed by atoms with Gasteiger partial charge in [-0.2, -0.15) is 10.2 Å². The number of fused-ring (bicyclic) bond motifs is 1. The minimum atomic E-state index is -0.521. The molecule has 16 nitrogen and oxygen atoms in total. The molecule has 2 aliphatic heterocycles. The van der Waals surface area contributed by atoms with Crippen LogP contribution in [0.25, 0.3) is 11.0 Å². The molecule has 6 heterocycles. The zero-order valence-electron chi connectivity index (χ0n) is 31.0. The van der Waals surface area contributed by atoms with Crippen LogP contribution in [0.5, 0.6) is 0 Å². The molecule has 0 aromatic carbocycles. The number of hydrogen-bond donors (Lipinski definition) is 2. The van der Waals surface area contributed by atoms with Gasteiger partial charge < -0.3 is 44.8 Å². The summed E-state index contributed by atoms with van der Waals surface area (Å²) in [4.78, 5) is 46.0. The molecule has 16 heteroatoms. The van der Waals surface area contributed by atoms with E-state index in [4.69, 9.17) is 9.72 Å². The van der Waals surface area contributed by atoms with Crippen LogP contribution in [0.1, 0.15) is 72.0 Å². The van der Waals surface area contributed by atoms with Crippen molar-refractivity contribution in [1.82, 2.24) is 34.7 Å². The van der Waals surface area contributed by atoms with E-state index < -0.39 is 10.5 Å². The van der Waals surface area contributed by atoms with Crippen molar-refractivity contribution in [3.63, 3.8) is 0 Å². The Morgan fingerprint density at radius 1 is 1.00 bits per heavy atom. The lowest BCUT2D eigenvalue weighted by Crippen LogP contribution is -2.55. The number of amides is 1. The normalized spacial score (nSPS) is 19.4. The Morgan fingerprint density at radius 2 is 1.72 bits per heavy atom. The van der Waals surface area contributed by atoms with Gasteiger partial charge in [-0.05, 0) is 81.6 Å². The number of nitrogens with zero attached hydrogens (tertiary/aromatic N) is 10. The lowest BCUT2D eigenvalue weighted by atomic mass is 10.1. The first-order valence-corrected chi connectivity index (χ1v) is 18.2. The highest BCUT2D eigenvalue weighted by Crippen LogP contribution is 2.34. The number of carbonyl (C=O) groups excluding carboxylic acids is 1. The number of nitro groups is 1. The molecule has 1 saturated carbocycles. The Balaban J connectivity index is 0.000000189. The standard InChI is InChI=1S/C22H26N8.C15H22N4O4/c1-15-14-29(9-8-24-15)18-6-7-20(25-13-18)27-22-26-12-16-10-19(11-23)30(21(16)28-22)17-4-2-3-5-17;1-11-10-17(12-5-6-13(16-9-12)19(21)22)7-8-18(11)14(20)23-15(2,3)4/h6-7,10,12-13,15,17,24H,2-5,8-9,14H2,1H3,(H,25,26,27,28);5-6,9,11H,7-8,10H2,1-4H3. The number of piperazine rings is 2. The number of hydrogen-bond acceptors (Lipinski definition) is 13. The van der Waals surface area contributed by atoms with Crippen LogP contribution in [-0.4, -0.2) is 97.4 Å². The van der Waals surface area contributed by atoms with Gasteiger partial charge in [0.2, 0.25) is 5.95 Å². The highest BCUT2D eigenvalue weighted by atomic mass is 16.6. The molecule has 0 spiro atoms. The first-order chi connectivity index (χ1) is 25.4. The molecule has 0 radical (unpaired) electrons. The third-order valence-electron chi connectivity index (χ3n) is 9.64. The first kappa shape index (κ1) is 37.2. The summed E-state index contributed by atoms with van der Waals surface area (Å²) in [5.41, 5.74) is 2.90. The van der Waals surface area contributed by atoms with Crippen molar-refractivity contribution in [3.05, 3.63) is 64.7 Å². The molecule has 2 saturated heterocycles. The van der Waals surface area contributed by atoms with E-state index in [0.29, 0.717) is 49.2 Å². The van der Waals surface area contributed by atoms with E-state index in [0.717, 1.165) is 54.9 Å². The van der Waals surface area contributed by atoms with Gasteiger partial charge in [-0.3, -0.25) is 0 Å². The van der Waals surface area contributed by atoms with Crippen LogP contribution in [0.2, 0.25) is 0 Å². The highest BCUT2D eigenvalue weighted by molar-refractivity contribution is 5.79. The highest BCUT2D eigenvalue weighted by Gasteiger charge is 2.31. The first-order valence-electron chi connectivity index (χ1n) is 18.2. The summed E-state index contributed by atoms with van der Waals surface area (Å²) in [6.07, 6.45) is 9.46. The van der Waals surface area contributed by atoms with E-state index in [1.807, 2.05) is 46.0 Å². The number of carbonyl (C=O) groups is 1. The van der Waals surface area contributed by atoms with Crippen molar-refractivity contribution < 1.29 is 14.5 Å². The molecular weight excluding hydrogens is 676 g/mol. The number of nitriles is 1. The Hall–Kier alpha value is -5.56. The fourth-order valence-corrected chi connectivity index (χ4v) is 7.07. The second kappa shape index (κ2) is 16.0. The Bertz CT molecular complexity index is 1930. The van der Waals surface area contributed by atoms with Gasteiger partial charge in [0.25, 0.3) is 0 Å².